The van der Waals surface area contributed by atoms with Crippen LogP contribution in [0.3, 0.4) is 0 Å². The van der Waals surface area contributed by atoms with Crippen LogP contribution in [-0.4, -0.2) is 38.4 Å². The third-order valence-electron chi connectivity index (χ3n) is 4.92. The lowest BCUT2D eigenvalue weighted by atomic mass is 10.0. The van der Waals surface area contributed by atoms with Crippen LogP contribution in [0.5, 0.6) is 0 Å². The molecule has 1 saturated heterocycles. The predicted octanol–water partition coefficient (Wildman–Crippen LogP) is 5.00. The molecule has 25 heavy (non-hydrogen) atoms. The molecule has 0 aliphatic carbocycles. The summed E-state index contributed by atoms with van der Waals surface area (Å²) in [5, 5.41) is 2.79. The van der Waals surface area contributed by atoms with E-state index in [1.807, 2.05) is 0 Å². The standard InChI is InChI=1S/C21H41NO3/c1-2-3-4-5-6-7-8-9-10-11-12-13-14-15-16-24-18-20-17-22-21(23)19-25-20/h20H,2-19H2,1H3,(H,22,23). The first-order chi connectivity index (χ1) is 12.3. The summed E-state index contributed by atoms with van der Waals surface area (Å²) in [7, 11) is 0. The molecule has 1 atom stereocenters. The molecule has 1 unspecified atom stereocenters. The summed E-state index contributed by atoms with van der Waals surface area (Å²) in [6, 6.07) is 0. The fraction of sp³-hybridized carbons (Fsp3) is 0.952. The molecule has 0 bridgehead atoms. The molecule has 1 amide bonds. The van der Waals surface area contributed by atoms with Crippen molar-refractivity contribution in [3.63, 3.8) is 0 Å². The largest absolute Gasteiger partial charge is 0.379 e. The summed E-state index contributed by atoms with van der Waals surface area (Å²) < 4.78 is 11.0. The van der Waals surface area contributed by atoms with Crippen LogP contribution in [-0.2, 0) is 14.3 Å². The smallest absolute Gasteiger partial charge is 0.246 e. The predicted molar refractivity (Wildman–Crippen MR) is 104 cm³/mol. The first kappa shape index (κ1) is 22.4. The lowest BCUT2D eigenvalue weighted by Crippen LogP contribution is -2.44. The van der Waals surface area contributed by atoms with E-state index in [1.54, 1.807) is 0 Å². The first-order valence-corrected chi connectivity index (χ1v) is 10.8. The van der Waals surface area contributed by atoms with Crippen molar-refractivity contribution in [1.82, 2.24) is 5.32 Å². The van der Waals surface area contributed by atoms with Crippen molar-refractivity contribution in [1.29, 1.82) is 0 Å². The van der Waals surface area contributed by atoms with Crippen LogP contribution in [0.25, 0.3) is 0 Å². The summed E-state index contributed by atoms with van der Waals surface area (Å²) in [5.41, 5.74) is 0. The number of unbranched alkanes of at least 4 members (excludes halogenated alkanes) is 13. The van der Waals surface area contributed by atoms with Gasteiger partial charge >= 0.3 is 0 Å². The Bertz CT molecular complexity index is 300. The number of morpholine rings is 1. The number of rotatable bonds is 17. The van der Waals surface area contributed by atoms with E-state index in [2.05, 4.69) is 12.2 Å². The Hall–Kier alpha value is -0.610. The van der Waals surface area contributed by atoms with Crippen LogP contribution in [0.15, 0.2) is 0 Å². The second-order valence-electron chi connectivity index (χ2n) is 7.41. The van der Waals surface area contributed by atoms with E-state index in [9.17, 15) is 4.79 Å². The van der Waals surface area contributed by atoms with Crippen molar-refractivity contribution >= 4 is 5.91 Å². The topological polar surface area (TPSA) is 47.6 Å². The zero-order valence-electron chi connectivity index (χ0n) is 16.5. The molecular formula is C21H41NO3. The van der Waals surface area contributed by atoms with Crippen LogP contribution >= 0.6 is 0 Å². The van der Waals surface area contributed by atoms with E-state index >= 15 is 0 Å². The highest BCUT2D eigenvalue weighted by Crippen LogP contribution is 2.13. The van der Waals surface area contributed by atoms with E-state index in [1.165, 1.54) is 83.5 Å². The molecule has 4 nitrogen and oxygen atoms in total. The summed E-state index contributed by atoms with van der Waals surface area (Å²) in [6.07, 6.45) is 19.3. The molecule has 0 aromatic rings. The normalized spacial score (nSPS) is 17.6. The highest BCUT2D eigenvalue weighted by Gasteiger charge is 2.17. The van der Waals surface area contributed by atoms with E-state index < -0.39 is 0 Å². The maximum Gasteiger partial charge on any atom is 0.246 e. The van der Waals surface area contributed by atoms with Crippen LogP contribution in [0.1, 0.15) is 96.8 Å². The highest BCUT2D eigenvalue weighted by atomic mass is 16.5. The number of hydrogen-bond donors (Lipinski definition) is 1. The lowest BCUT2D eigenvalue weighted by Gasteiger charge is -2.22. The van der Waals surface area contributed by atoms with Crippen molar-refractivity contribution in [2.24, 2.45) is 0 Å². The Kier molecular flexibility index (Phi) is 15.1. The van der Waals surface area contributed by atoms with Crippen LogP contribution in [0.4, 0.5) is 0 Å². The van der Waals surface area contributed by atoms with Gasteiger partial charge in [0.15, 0.2) is 0 Å². The van der Waals surface area contributed by atoms with Gasteiger partial charge in [0.05, 0.1) is 12.7 Å². The SMILES string of the molecule is CCCCCCCCCCCCCCCCOCC1CNC(=O)CO1. The molecule has 1 aliphatic rings. The second-order valence-corrected chi connectivity index (χ2v) is 7.41. The zero-order chi connectivity index (χ0) is 18.0. The average Bonchev–Trinajstić information content (AvgIpc) is 2.63. The fourth-order valence-corrected chi connectivity index (χ4v) is 3.25. The van der Waals surface area contributed by atoms with E-state index in [0.29, 0.717) is 13.2 Å². The molecule has 0 aromatic carbocycles. The zero-order valence-corrected chi connectivity index (χ0v) is 16.5. The molecule has 0 spiro atoms. The van der Waals surface area contributed by atoms with Crippen molar-refractivity contribution < 1.29 is 14.3 Å². The van der Waals surface area contributed by atoms with Gasteiger partial charge in [-0.1, -0.05) is 90.4 Å². The molecule has 1 aliphatic heterocycles. The monoisotopic (exact) mass is 355 g/mol. The first-order valence-electron chi connectivity index (χ1n) is 10.8. The molecule has 1 rings (SSSR count). The van der Waals surface area contributed by atoms with Gasteiger partial charge in [-0.05, 0) is 6.42 Å². The van der Waals surface area contributed by atoms with E-state index in [-0.39, 0.29) is 18.6 Å². The van der Waals surface area contributed by atoms with Crippen LogP contribution in [0.2, 0.25) is 0 Å². The third-order valence-corrected chi connectivity index (χ3v) is 4.92. The molecule has 148 valence electrons. The maximum absolute atomic E-state index is 11.0. The Balaban J connectivity index is 1.69. The Morgan fingerprint density at radius 3 is 1.88 bits per heavy atom. The van der Waals surface area contributed by atoms with Gasteiger partial charge in [-0.3, -0.25) is 4.79 Å². The molecule has 4 heteroatoms. The number of carbonyl (C=O) groups excluding carboxylic acids is 1. The van der Waals surface area contributed by atoms with Crippen LogP contribution < -0.4 is 5.32 Å². The van der Waals surface area contributed by atoms with Gasteiger partial charge in [0.2, 0.25) is 5.91 Å². The summed E-state index contributed by atoms with van der Waals surface area (Å²) >= 11 is 0. The molecular weight excluding hydrogens is 314 g/mol. The minimum atomic E-state index is -0.0248. The molecule has 1 heterocycles. The van der Waals surface area contributed by atoms with Crippen LogP contribution in [0, 0.1) is 0 Å². The Morgan fingerprint density at radius 2 is 1.40 bits per heavy atom. The van der Waals surface area contributed by atoms with Gasteiger partial charge in [-0.25, -0.2) is 0 Å². The van der Waals surface area contributed by atoms with E-state index in [0.717, 1.165) is 13.0 Å². The number of ether oxygens (including phenoxy) is 2. The number of nitrogens with one attached hydrogen (secondary N) is 1. The fourth-order valence-electron chi connectivity index (χ4n) is 3.25. The average molecular weight is 356 g/mol. The van der Waals surface area contributed by atoms with Gasteiger partial charge < -0.3 is 14.8 Å². The minimum Gasteiger partial charge on any atom is -0.379 e. The number of carbonyl (C=O) groups is 1. The lowest BCUT2D eigenvalue weighted by molar-refractivity contribution is -0.135. The maximum atomic E-state index is 11.0. The molecule has 0 radical (unpaired) electrons. The highest BCUT2D eigenvalue weighted by molar-refractivity contribution is 5.77. The second kappa shape index (κ2) is 16.8. The van der Waals surface area contributed by atoms with Gasteiger partial charge in [-0.15, -0.1) is 0 Å². The van der Waals surface area contributed by atoms with Gasteiger partial charge in [0.25, 0.3) is 0 Å². The Labute approximate surface area is 155 Å². The number of amides is 1. The van der Waals surface area contributed by atoms with Crippen molar-refractivity contribution in [2.45, 2.75) is 103 Å². The summed E-state index contributed by atoms with van der Waals surface area (Å²) in [4.78, 5) is 11.0. The van der Waals surface area contributed by atoms with Gasteiger partial charge in [0.1, 0.15) is 6.61 Å². The van der Waals surface area contributed by atoms with E-state index in [4.69, 9.17) is 9.47 Å². The summed E-state index contributed by atoms with van der Waals surface area (Å²) in [6.45, 7) is 4.44. The van der Waals surface area contributed by atoms with Gasteiger partial charge in [0, 0.05) is 13.2 Å². The molecule has 1 N–H and O–H groups in total. The minimum absolute atomic E-state index is 0.0248. The Morgan fingerprint density at radius 1 is 0.880 bits per heavy atom. The molecule has 1 fully saturated rings. The van der Waals surface area contributed by atoms with Gasteiger partial charge in [-0.2, -0.15) is 0 Å². The third kappa shape index (κ3) is 14.3. The summed E-state index contributed by atoms with van der Waals surface area (Å²) in [5.74, 6) is -0.0248. The molecule has 0 aromatic heterocycles. The number of hydrogen-bond acceptors (Lipinski definition) is 3. The quantitative estimate of drug-likeness (QED) is 0.374. The van der Waals surface area contributed by atoms with Crippen molar-refractivity contribution in [2.75, 3.05) is 26.4 Å². The van der Waals surface area contributed by atoms with Crippen molar-refractivity contribution in [3.8, 4) is 0 Å². The van der Waals surface area contributed by atoms with Crippen molar-refractivity contribution in [3.05, 3.63) is 0 Å². The molecule has 0 saturated carbocycles.